The van der Waals surface area contributed by atoms with Gasteiger partial charge in [-0.25, -0.2) is 0 Å². The zero-order chi connectivity index (χ0) is 17.2. The van der Waals surface area contributed by atoms with Gasteiger partial charge in [0.25, 0.3) is 5.91 Å². The molecule has 1 aromatic carbocycles. The molecule has 24 heavy (non-hydrogen) atoms. The summed E-state index contributed by atoms with van der Waals surface area (Å²) in [6.45, 7) is 2.83. The van der Waals surface area contributed by atoms with Crippen molar-refractivity contribution in [3.8, 4) is 5.75 Å². The maximum absolute atomic E-state index is 12.3. The number of ether oxygens (including phenoxy) is 1. The Kier molecular flexibility index (Phi) is 8.02. The fraction of sp³-hybridized carbons (Fsp3) is 0.579. The molecule has 0 aromatic heterocycles. The van der Waals surface area contributed by atoms with E-state index in [2.05, 4.69) is 17.6 Å². The topological polar surface area (TPSA) is 50.4 Å². The van der Waals surface area contributed by atoms with Crippen LogP contribution >= 0.6 is 12.2 Å². The molecule has 1 aliphatic carbocycles. The Morgan fingerprint density at radius 3 is 2.46 bits per heavy atom. The van der Waals surface area contributed by atoms with Gasteiger partial charge in [-0.3, -0.25) is 10.1 Å². The second-order valence-corrected chi connectivity index (χ2v) is 6.75. The third-order valence-corrected chi connectivity index (χ3v) is 4.52. The monoisotopic (exact) mass is 348 g/mol. The first-order valence-corrected chi connectivity index (χ1v) is 9.44. The van der Waals surface area contributed by atoms with Gasteiger partial charge in [-0.05, 0) is 55.7 Å². The molecule has 0 bridgehead atoms. The fourth-order valence-corrected chi connectivity index (χ4v) is 3.12. The first kappa shape index (κ1) is 18.7. The van der Waals surface area contributed by atoms with E-state index in [9.17, 15) is 4.79 Å². The summed E-state index contributed by atoms with van der Waals surface area (Å²) in [5.41, 5.74) is 0.586. The summed E-state index contributed by atoms with van der Waals surface area (Å²) < 4.78 is 5.60. The van der Waals surface area contributed by atoms with Crippen LogP contribution in [0.1, 0.15) is 68.6 Å². The Balaban J connectivity index is 1.79. The molecule has 1 fully saturated rings. The second kappa shape index (κ2) is 10.3. The SMILES string of the molecule is CCCCOc1ccc(C(=O)NC(=S)NC2CCCCCC2)cc1. The molecule has 5 heteroatoms. The third kappa shape index (κ3) is 6.48. The minimum Gasteiger partial charge on any atom is -0.494 e. The molecule has 132 valence electrons. The Labute approximate surface area is 150 Å². The van der Waals surface area contributed by atoms with Gasteiger partial charge < -0.3 is 10.1 Å². The van der Waals surface area contributed by atoms with E-state index >= 15 is 0 Å². The van der Waals surface area contributed by atoms with Crippen LogP contribution in [0.4, 0.5) is 0 Å². The lowest BCUT2D eigenvalue weighted by molar-refractivity contribution is 0.0976. The molecule has 0 spiro atoms. The van der Waals surface area contributed by atoms with Gasteiger partial charge in [0.05, 0.1) is 6.61 Å². The minimum absolute atomic E-state index is 0.179. The highest BCUT2D eigenvalue weighted by molar-refractivity contribution is 7.80. The molecule has 0 heterocycles. The number of carbonyl (C=O) groups is 1. The van der Waals surface area contributed by atoms with Crippen LogP contribution in [0.5, 0.6) is 5.75 Å². The highest BCUT2D eigenvalue weighted by Crippen LogP contribution is 2.17. The maximum atomic E-state index is 12.3. The van der Waals surface area contributed by atoms with Crippen molar-refractivity contribution in [2.45, 2.75) is 64.3 Å². The summed E-state index contributed by atoms with van der Waals surface area (Å²) in [5.74, 6) is 0.611. The summed E-state index contributed by atoms with van der Waals surface area (Å²) in [4.78, 5) is 12.3. The average molecular weight is 349 g/mol. The third-order valence-electron chi connectivity index (χ3n) is 4.30. The standard InChI is InChI=1S/C19H28N2O2S/c1-2-3-14-23-17-12-10-15(11-13-17)18(22)21-19(24)20-16-8-6-4-5-7-9-16/h10-13,16H,2-9,14H2,1H3,(H2,20,21,22,24). The Hall–Kier alpha value is -1.62. The number of unbranched alkanes of at least 4 members (excludes halogenated alkanes) is 1. The lowest BCUT2D eigenvalue weighted by atomic mass is 10.1. The van der Waals surface area contributed by atoms with Crippen LogP contribution in [-0.4, -0.2) is 23.7 Å². The van der Waals surface area contributed by atoms with E-state index in [0.29, 0.717) is 23.3 Å². The first-order valence-electron chi connectivity index (χ1n) is 9.03. The minimum atomic E-state index is -0.179. The van der Waals surface area contributed by atoms with E-state index in [0.717, 1.165) is 31.4 Å². The molecule has 1 aliphatic rings. The lowest BCUT2D eigenvalue weighted by Gasteiger charge is -2.18. The number of hydrogen-bond donors (Lipinski definition) is 2. The number of nitrogens with one attached hydrogen (secondary N) is 2. The molecule has 0 radical (unpaired) electrons. The summed E-state index contributed by atoms with van der Waals surface area (Å²) in [6, 6.07) is 7.57. The van der Waals surface area contributed by atoms with Gasteiger partial charge in [-0.2, -0.15) is 0 Å². The highest BCUT2D eigenvalue weighted by Gasteiger charge is 2.14. The highest BCUT2D eigenvalue weighted by atomic mass is 32.1. The zero-order valence-corrected chi connectivity index (χ0v) is 15.3. The van der Waals surface area contributed by atoms with Crippen LogP contribution < -0.4 is 15.4 Å². The van der Waals surface area contributed by atoms with Gasteiger partial charge in [0, 0.05) is 11.6 Å². The summed E-state index contributed by atoms with van der Waals surface area (Å²) >= 11 is 5.28. The van der Waals surface area contributed by atoms with Crippen LogP contribution in [0.25, 0.3) is 0 Å². The smallest absolute Gasteiger partial charge is 0.257 e. The van der Waals surface area contributed by atoms with Gasteiger partial charge in [0.2, 0.25) is 0 Å². The molecule has 2 rings (SSSR count). The van der Waals surface area contributed by atoms with E-state index in [1.54, 1.807) is 12.1 Å². The molecule has 1 saturated carbocycles. The average Bonchev–Trinajstić information content (AvgIpc) is 2.84. The van der Waals surface area contributed by atoms with Crippen molar-refractivity contribution in [1.82, 2.24) is 10.6 Å². The molecular weight excluding hydrogens is 320 g/mol. The van der Waals surface area contributed by atoms with Crippen LogP contribution in [0.15, 0.2) is 24.3 Å². The predicted molar refractivity (Wildman–Crippen MR) is 102 cm³/mol. The molecule has 0 aliphatic heterocycles. The molecule has 0 saturated heterocycles. The molecule has 4 nitrogen and oxygen atoms in total. The number of carbonyl (C=O) groups excluding carboxylic acids is 1. The Morgan fingerprint density at radius 1 is 1.17 bits per heavy atom. The van der Waals surface area contributed by atoms with Crippen LogP contribution in [0, 0.1) is 0 Å². The molecule has 1 amide bonds. The Morgan fingerprint density at radius 2 is 1.83 bits per heavy atom. The Bertz CT molecular complexity index is 523. The van der Waals surface area contributed by atoms with Gasteiger partial charge in [0.15, 0.2) is 5.11 Å². The van der Waals surface area contributed by atoms with Gasteiger partial charge >= 0.3 is 0 Å². The van der Waals surface area contributed by atoms with E-state index in [-0.39, 0.29) is 5.91 Å². The van der Waals surface area contributed by atoms with Crippen molar-refractivity contribution in [1.29, 1.82) is 0 Å². The van der Waals surface area contributed by atoms with E-state index in [1.807, 2.05) is 12.1 Å². The number of hydrogen-bond acceptors (Lipinski definition) is 3. The summed E-state index contributed by atoms with van der Waals surface area (Å²) in [7, 11) is 0. The lowest BCUT2D eigenvalue weighted by Crippen LogP contribution is -2.44. The van der Waals surface area contributed by atoms with Crippen molar-refractivity contribution in [2.75, 3.05) is 6.61 Å². The van der Waals surface area contributed by atoms with Crippen LogP contribution in [-0.2, 0) is 0 Å². The van der Waals surface area contributed by atoms with Crippen molar-refractivity contribution in [3.63, 3.8) is 0 Å². The summed E-state index contributed by atoms with van der Waals surface area (Å²) in [5, 5.41) is 6.48. The molecular formula is C19H28N2O2S. The number of rotatable bonds is 6. The van der Waals surface area contributed by atoms with E-state index < -0.39 is 0 Å². The van der Waals surface area contributed by atoms with E-state index in [1.165, 1.54) is 25.7 Å². The molecule has 0 unspecified atom stereocenters. The quantitative estimate of drug-likeness (QED) is 0.460. The van der Waals surface area contributed by atoms with Crippen molar-refractivity contribution in [3.05, 3.63) is 29.8 Å². The van der Waals surface area contributed by atoms with E-state index in [4.69, 9.17) is 17.0 Å². The van der Waals surface area contributed by atoms with Crippen LogP contribution in [0.2, 0.25) is 0 Å². The summed E-state index contributed by atoms with van der Waals surface area (Å²) in [6.07, 6.45) is 9.43. The zero-order valence-electron chi connectivity index (χ0n) is 14.5. The maximum Gasteiger partial charge on any atom is 0.257 e. The van der Waals surface area contributed by atoms with Gasteiger partial charge in [-0.15, -0.1) is 0 Å². The van der Waals surface area contributed by atoms with Gasteiger partial charge in [-0.1, -0.05) is 39.0 Å². The normalized spacial score (nSPS) is 15.4. The largest absolute Gasteiger partial charge is 0.494 e. The van der Waals surface area contributed by atoms with Crippen molar-refractivity contribution >= 4 is 23.2 Å². The van der Waals surface area contributed by atoms with Crippen molar-refractivity contribution in [2.24, 2.45) is 0 Å². The number of amides is 1. The molecule has 1 aromatic rings. The fourth-order valence-electron chi connectivity index (χ4n) is 2.86. The first-order chi connectivity index (χ1) is 11.7. The van der Waals surface area contributed by atoms with Gasteiger partial charge in [0.1, 0.15) is 5.75 Å². The number of thiocarbonyl (C=S) groups is 1. The second-order valence-electron chi connectivity index (χ2n) is 6.34. The van der Waals surface area contributed by atoms with Crippen molar-refractivity contribution < 1.29 is 9.53 Å². The number of benzene rings is 1. The van der Waals surface area contributed by atoms with Crippen LogP contribution in [0.3, 0.4) is 0 Å². The predicted octanol–water partition coefficient (Wildman–Crippen LogP) is 4.19. The molecule has 2 N–H and O–H groups in total. The molecule has 0 atom stereocenters.